The van der Waals surface area contributed by atoms with E-state index in [4.69, 9.17) is 4.74 Å². The number of ketones is 1. The van der Waals surface area contributed by atoms with Crippen molar-refractivity contribution in [2.75, 3.05) is 26.8 Å². The molecule has 1 rings (SSSR count). The van der Waals surface area contributed by atoms with E-state index < -0.39 is 0 Å². The van der Waals surface area contributed by atoms with Gasteiger partial charge in [0, 0.05) is 38.6 Å². The fourth-order valence-electron chi connectivity index (χ4n) is 2.48. The predicted octanol–water partition coefficient (Wildman–Crippen LogP) is 2.49. The molecule has 1 fully saturated rings. The highest BCUT2D eigenvalue weighted by molar-refractivity contribution is 5.81. The molecular weight excluding hydrogens is 214 g/mol. The first-order valence-corrected chi connectivity index (χ1v) is 6.91. The van der Waals surface area contributed by atoms with Gasteiger partial charge >= 0.3 is 0 Å². The van der Waals surface area contributed by atoms with Gasteiger partial charge < -0.3 is 4.74 Å². The molecule has 100 valence electrons. The van der Waals surface area contributed by atoms with Crippen LogP contribution in [0.5, 0.6) is 0 Å². The molecule has 0 N–H and O–H groups in total. The van der Waals surface area contributed by atoms with E-state index in [1.165, 1.54) is 12.8 Å². The number of rotatable bonds is 6. The molecule has 0 aromatic heterocycles. The number of methoxy groups -OCH3 is 1. The van der Waals surface area contributed by atoms with Crippen molar-refractivity contribution in [1.29, 1.82) is 0 Å². The Balaban J connectivity index is 2.48. The molecule has 0 saturated heterocycles. The van der Waals surface area contributed by atoms with Crippen molar-refractivity contribution in [3.8, 4) is 0 Å². The average molecular weight is 241 g/mol. The van der Waals surface area contributed by atoms with Crippen molar-refractivity contribution in [3.05, 3.63) is 0 Å². The minimum Gasteiger partial charge on any atom is -0.383 e. The third kappa shape index (κ3) is 5.17. The zero-order valence-corrected chi connectivity index (χ0v) is 11.6. The second-order valence-electron chi connectivity index (χ2n) is 5.34. The summed E-state index contributed by atoms with van der Waals surface area (Å²) in [6.45, 7) is 6.98. The lowest BCUT2D eigenvalue weighted by molar-refractivity contribution is -0.123. The van der Waals surface area contributed by atoms with Gasteiger partial charge in [0.25, 0.3) is 0 Å². The molecule has 0 amide bonds. The summed E-state index contributed by atoms with van der Waals surface area (Å²) < 4.78 is 5.14. The number of carbonyl (C=O) groups is 1. The predicted molar refractivity (Wildman–Crippen MR) is 70.2 cm³/mol. The molecule has 0 aliphatic heterocycles. The highest BCUT2D eigenvalue weighted by Crippen LogP contribution is 2.21. The summed E-state index contributed by atoms with van der Waals surface area (Å²) in [6.07, 6.45) is 5.40. The van der Waals surface area contributed by atoms with Crippen LogP contribution >= 0.6 is 0 Å². The Hall–Kier alpha value is -0.410. The van der Waals surface area contributed by atoms with Crippen LogP contribution in [0.2, 0.25) is 0 Å². The molecule has 3 heteroatoms. The topological polar surface area (TPSA) is 29.5 Å². The van der Waals surface area contributed by atoms with Gasteiger partial charge in [-0.1, -0.05) is 12.8 Å². The summed E-state index contributed by atoms with van der Waals surface area (Å²) in [4.78, 5) is 14.4. The van der Waals surface area contributed by atoms with E-state index in [1.54, 1.807) is 7.11 Å². The van der Waals surface area contributed by atoms with E-state index in [2.05, 4.69) is 18.7 Å². The van der Waals surface area contributed by atoms with Gasteiger partial charge in [-0.15, -0.1) is 0 Å². The molecule has 0 radical (unpaired) electrons. The summed E-state index contributed by atoms with van der Waals surface area (Å²) in [5.74, 6) is 0.738. The summed E-state index contributed by atoms with van der Waals surface area (Å²) in [6, 6.07) is 0.487. The van der Waals surface area contributed by atoms with Crippen molar-refractivity contribution in [2.45, 2.75) is 52.0 Å². The fourth-order valence-corrected chi connectivity index (χ4v) is 2.48. The zero-order valence-electron chi connectivity index (χ0n) is 11.6. The van der Waals surface area contributed by atoms with E-state index >= 15 is 0 Å². The molecule has 0 aromatic rings. The maximum absolute atomic E-state index is 12.0. The Morgan fingerprint density at radius 2 is 2.12 bits per heavy atom. The van der Waals surface area contributed by atoms with Gasteiger partial charge in [-0.05, 0) is 26.7 Å². The van der Waals surface area contributed by atoms with Gasteiger partial charge in [-0.25, -0.2) is 0 Å². The maximum atomic E-state index is 12.0. The Bertz CT molecular complexity index is 228. The van der Waals surface area contributed by atoms with E-state index in [9.17, 15) is 4.79 Å². The van der Waals surface area contributed by atoms with Crippen molar-refractivity contribution in [3.63, 3.8) is 0 Å². The number of hydrogen-bond donors (Lipinski definition) is 0. The lowest BCUT2D eigenvalue weighted by atomic mass is 9.98. The summed E-state index contributed by atoms with van der Waals surface area (Å²) >= 11 is 0. The van der Waals surface area contributed by atoms with Crippen LogP contribution in [0.1, 0.15) is 46.0 Å². The summed E-state index contributed by atoms with van der Waals surface area (Å²) in [5, 5.41) is 0. The lowest BCUT2D eigenvalue weighted by Gasteiger charge is -2.29. The SMILES string of the molecule is COCCN(CC1CCCCCC1=O)C(C)C. The van der Waals surface area contributed by atoms with E-state index in [0.29, 0.717) is 11.8 Å². The number of nitrogens with zero attached hydrogens (tertiary/aromatic N) is 1. The standard InChI is InChI=1S/C14H27NO2/c1-12(2)15(9-10-17-3)11-13-7-5-4-6-8-14(13)16/h12-13H,4-11H2,1-3H3. The van der Waals surface area contributed by atoms with Crippen molar-refractivity contribution in [2.24, 2.45) is 5.92 Å². The van der Waals surface area contributed by atoms with Crippen LogP contribution in [0.4, 0.5) is 0 Å². The Morgan fingerprint density at radius 3 is 2.76 bits per heavy atom. The van der Waals surface area contributed by atoms with E-state index in [1.807, 2.05) is 0 Å². The van der Waals surface area contributed by atoms with Crippen LogP contribution in [0, 0.1) is 5.92 Å². The van der Waals surface area contributed by atoms with E-state index in [-0.39, 0.29) is 5.92 Å². The molecule has 1 atom stereocenters. The van der Waals surface area contributed by atoms with Gasteiger partial charge in [0.2, 0.25) is 0 Å². The molecule has 17 heavy (non-hydrogen) atoms. The molecule has 3 nitrogen and oxygen atoms in total. The number of ether oxygens (including phenoxy) is 1. The largest absolute Gasteiger partial charge is 0.383 e. The zero-order chi connectivity index (χ0) is 12.7. The Kier molecular flexibility index (Phi) is 6.75. The third-order valence-corrected chi connectivity index (χ3v) is 3.70. The van der Waals surface area contributed by atoms with Gasteiger partial charge in [0.15, 0.2) is 0 Å². The van der Waals surface area contributed by atoms with Crippen molar-refractivity contribution >= 4 is 5.78 Å². The van der Waals surface area contributed by atoms with Crippen LogP contribution < -0.4 is 0 Å². The molecule has 0 heterocycles. The smallest absolute Gasteiger partial charge is 0.137 e. The molecule has 0 spiro atoms. The summed E-state index contributed by atoms with van der Waals surface area (Å²) in [7, 11) is 1.73. The van der Waals surface area contributed by atoms with Crippen LogP contribution in [0.15, 0.2) is 0 Å². The minimum atomic E-state index is 0.261. The first-order valence-electron chi connectivity index (χ1n) is 6.91. The minimum absolute atomic E-state index is 0.261. The van der Waals surface area contributed by atoms with Gasteiger partial charge in [0.1, 0.15) is 5.78 Å². The fraction of sp³-hybridized carbons (Fsp3) is 0.929. The summed E-state index contributed by atoms with van der Waals surface area (Å²) in [5.41, 5.74) is 0. The number of Topliss-reactive ketones (excluding diaryl/α,β-unsaturated/α-hetero) is 1. The molecule has 1 aliphatic carbocycles. The molecule has 0 aromatic carbocycles. The molecule has 1 saturated carbocycles. The highest BCUT2D eigenvalue weighted by atomic mass is 16.5. The quantitative estimate of drug-likeness (QED) is 0.669. The van der Waals surface area contributed by atoms with Crippen molar-refractivity contribution < 1.29 is 9.53 Å². The Morgan fingerprint density at radius 1 is 1.35 bits per heavy atom. The molecule has 1 aliphatic rings. The van der Waals surface area contributed by atoms with Crippen LogP contribution in [0.25, 0.3) is 0 Å². The lowest BCUT2D eigenvalue weighted by Crippen LogP contribution is -2.39. The number of hydrogen-bond acceptors (Lipinski definition) is 3. The molecular formula is C14H27NO2. The van der Waals surface area contributed by atoms with E-state index in [0.717, 1.165) is 39.0 Å². The molecule has 0 bridgehead atoms. The molecule has 1 unspecified atom stereocenters. The third-order valence-electron chi connectivity index (χ3n) is 3.70. The van der Waals surface area contributed by atoms with Crippen molar-refractivity contribution in [1.82, 2.24) is 4.90 Å². The second-order valence-corrected chi connectivity index (χ2v) is 5.34. The average Bonchev–Trinajstić information content (AvgIpc) is 2.49. The monoisotopic (exact) mass is 241 g/mol. The van der Waals surface area contributed by atoms with Gasteiger partial charge in [0.05, 0.1) is 6.61 Å². The first-order chi connectivity index (χ1) is 8.15. The van der Waals surface area contributed by atoms with Crippen LogP contribution in [0.3, 0.4) is 0 Å². The van der Waals surface area contributed by atoms with Crippen LogP contribution in [-0.4, -0.2) is 43.5 Å². The normalized spacial score (nSPS) is 22.2. The maximum Gasteiger partial charge on any atom is 0.137 e. The number of carbonyl (C=O) groups excluding carboxylic acids is 1. The van der Waals surface area contributed by atoms with Gasteiger partial charge in [-0.3, -0.25) is 9.69 Å². The van der Waals surface area contributed by atoms with Gasteiger partial charge in [-0.2, -0.15) is 0 Å². The first kappa shape index (κ1) is 14.7. The Labute approximate surface area is 106 Å². The second kappa shape index (κ2) is 7.83. The van der Waals surface area contributed by atoms with Crippen LogP contribution in [-0.2, 0) is 9.53 Å². The highest BCUT2D eigenvalue weighted by Gasteiger charge is 2.24.